The summed E-state index contributed by atoms with van der Waals surface area (Å²) in [6.45, 7) is 0. The van der Waals surface area contributed by atoms with Gasteiger partial charge in [0.25, 0.3) is 0 Å². The number of nitrogens with one attached hydrogen (secondary N) is 8. The van der Waals surface area contributed by atoms with E-state index in [-0.39, 0.29) is 37.0 Å². The van der Waals surface area contributed by atoms with Gasteiger partial charge in [0.2, 0.25) is 0 Å². The van der Waals surface area contributed by atoms with Crippen LogP contribution in [0.3, 0.4) is 0 Å². The molecule has 14 heteroatoms. The lowest BCUT2D eigenvalue weighted by molar-refractivity contribution is -0.182. The van der Waals surface area contributed by atoms with Gasteiger partial charge in [-0.2, -0.15) is 0 Å². The van der Waals surface area contributed by atoms with Gasteiger partial charge in [-0.1, -0.05) is 38.5 Å². The van der Waals surface area contributed by atoms with Gasteiger partial charge in [0.1, 0.15) is 0 Å². The number of carboxylic acids is 2. The Morgan fingerprint density at radius 1 is 0.375 bits per heavy atom. The summed E-state index contributed by atoms with van der Waals surface area (Å²) in [5, 5.41) is 75.2. The maximum absolute atomic E-state index is 12.5. The van der Waals surface area contributed by atoms with Gasteiger partial charge in [0.15, 0.2) is 0 Å². The van der Waals surface area contributed by atoms with E-state index in [4.69, 9.17) is 0 Å². The zero-order valence-corrected chi connectivity index (χ0v) is 27.6. The second-order valence-corrected chi connectivity index (χ2v) is 16.9. The fourth-order valence-corrected chi connectivity index (χ4v) is 12.7. The summed E-state index contributed by atoms with van der Waals surface area (Å²) in [6, 6.07) is 0. The van der Waals surface area contributed by atoms with Gasteiger partial charge in [-0.15, -0.1) is 0 Å². The van der Waals surface area contributed by atoms with Gasteiger partial charge in [-0.05, 0) is 74.0 Å². The Morgan fingerprint density at radius 2 is 0.583 bits per heavy atom. The maximum Gasteiger partial charge on any atom is 0.310 e. The third-order valence-electron chi connectivity index (χ3n) is 14.8. The second-order valence-electron chi connectivity index (χ2n) is 16.9. The molecule has 14 nitrogen and oxygen atoms in total. The molecule has 0 aromatic rings. The Balaban J connectivity index is 1.09. The number of carboxylic acid groups (broad SMARTS) is 2. The number of carbonyl (C=O) groups is 2. The first-order chi connectivity index (χ1) is 23.3. The maximum atomic E-state index is 12.5. The quantitative estimate of drug-likeness (QED) is 0.173. The van der Waals surface area contributed by atoms with Crippen molar-refractivity contribution in [1.29, 1.82) is 0 Å². The van der Waals surface area contributed by atoms with E-state index < -0.39 is 60.1 Å². The van der Waals surface area contributed by atoms with Crippen LogP contribution in [0.4, 0.5) is 0 Å². The minimum absolute atomic E-state index is 0.0865. The van der Waals surface area contributed by atoms with Crippen LogP contribution < -0.4 is 42.5 Å². The molecule has 5 aliphatic heterocycles. The highest BCUT2D eigenvalue weighted by molar-refractivity contribution is 5.81. The summed E-state index contributed by atoms with van der Waals surface area (Å²) in [4.78, 5) is 25.0. The zero-order chi connectivity index (χ0) is 32.8. The average molecular weight is 673 g/mol. The number of hydrogen-bond acceptors (Lipinski definition) is 12. The van der Waals surface area contributed by atoms with Crippen molar-refractivity contribution in [2.24, 2.45) is 59.2 Å². The van der Waals surface area contributed by atoms with Crippen molar-refractivity contribution in [3.05, 3.63) is 0 Å². The van der Waals surface area contributed by atoms with Crippen molar-refractivity contribution in [1.82, 2.24) is 42.5 Å². The van der Waals surface area contributed by atoms with E-state index in [0.29, 0.717) is 35.5 Å². The van der Waals surface area contributed by atoms with Gasteiger partial charge >= 0.3 is 11.9 Å². The topological polar surface area (TPSA) is 211 Å². The Labute approximate surface area is 282 Å². The first kappa shape index (κ1) is 32.4. The van der Waals surface area contributed by atoms with Crippen LogP contribution in [-0.2, 0) is 9.59 Å². The Bertz CT molecular complexity index is 1160. The van der Waals surface area contributed by atoms with Crippen LogP contribution in [0.25, 0.3) is 0 Å². The summed E-state index contributed by atoms with van der Waals surface area (Å²) in [5.41, 5.74) is 0. The molecule has 9 fully saturated rings. The molecule has 0 aromatic carbocycles. The summed E-state index contributed by atoms with van der Waals surface area (Å²) in [6.07, 6.45) is 10.6. The summed E-state index contributed by atoms with van der Waals surface area (Å²) >= 11 is 0. The molecule has 4 aliphatic carbocycles. The van der Waals surface area contributed by atoms with Gasteiger partial charge in [-0.25, -0.2) is 0 Å². The van der Waals surface area contributed by atoms with Crippen molar-refractivity contribution in [3.8, 4) is 0 Å². The molecule has 8 bridgehead atoms. The molecule has 0 radical (unpaired) electrons. The number of fused-ring (bicyclic) bond motifs is 20. The third-order valence-corrected chi connectivity index (χ3v) is 14.8. The SMILES string of the molecule is O=C(O)C1C(O)C2C3NC4NC(NC5NC(NC6NC(NC(N3)C2C(O)C1C(=O)O)C1CCCCC61)C1CCCCC51)C1CCCCC41. The van der Waals surface area contributed by atoms with E-state index in [1.807, 2.05) is 0 Å². The number of hydrogen-bond donors (Lipinski definition) is 12. The highest BCUT2D eigenvalue weighted by atomic mass is 16.4. The van der Waals surface area contributed by atoms with Gasteiger partial charge < -0.3 is 20.4 Å². The lowest BCUT2D eigenvalue weighted by atomic mass is 9.64. The van der Waals surface area contributed by atoms with Crippen LogP contribution >= 0.6 is 0 Å². The van der Waals surface area contributed by atoms with Gasteiger partial charge in [-0.3, -0.25) is 52.1 Å². The molecule has 4 saturated carbocycles. The number of aliphatic hydroxyl groups excluding tert-OH is 2. The lowest BCUT2D eigenvalue weighted by Crippen LogP contribution is -2.63. The Hall–Kier alpha value is -1.46. The minimum atomic E-state index is -1.61. The molecule has 0 aromatic heterocycles. The van der Waals surface area contributed by atoms with Crippen LogP contribution in [-0.4, -0.2) is 93.9 Å². The largest absolute Gasteiger partial charge is 0.481 e. The molecule has 20 atom stereocenters. The van der Waals surface area contributed by atoms with E-state index in [1.54, 1.807) is 0 Å². The van der Waals surface area contributed by atoms with Crippen LogP contribution in [0.15, 0.2) is 0 Å². The molecule has 9 aliphatic rings. The fourth-order valence-electron chi connectivity index (χ4n) is 12.7. The number of aliphatic hydroxyl groups is 2. The van der Waals surface area contributed by atoms with Gasteiger partial charge in [0.05, 0.1) is 73.4 Å². The molecule has 0 spiro atoms. The van der Waals surface area contributed by atoms with E-state index in [2.05, 4.69) is 42.5 Å². The van der Waals surface area contributed by atoms with Crippen LogP contribution in [0.5, 0.6) is 0 Å². The molecular formula is C34H56N8O6. The molecule has 9 rings (SSSR count). The van der Waals surface area contributed by atoms with E-state index >= 15 is 0 Å². The van der Waals surface area contributed by atoms with E-state index in [1.165, 1.54) is 38.5 Å². The molecule has 12 N–H and O–H groups in total. The third kappa shape index (κ3) is 5.19. The Morgan fingerprint density at radius 3 is 0.812 bits per heavy atom. The van der Waals surface area contributed by atoms with Crippen LogP contribution in [0.2, 0.25) is 0 Å². The normalized spacial score (nSPS) is 56.0. The first-order valence-electron chi connectivity index (χ1n) is 19.2. The molecular weight excluding hydrogens is 616 g/mol. The highest BCUT2D eigenvalue weighted by Crippen LogP contribution is 2.48. The monoisotopic (exact) mass is 672 g/mol. The Kier molecular flexibility index (Phi) is 8.54. The van der Waals surface area contributed by atoms with Crippen molar-refractivity contribution in [2.75, 3.05) is 0 Å². The molecule has 268 valence electrons. The van der Waals surface area contributed by atoms with Crippen molar-refractivity contribution in [2.45, 2.75) is 139 Å². The average Bonchev–Trinajstić information content (AvgIpc) is 3.81. The number of aliphatic carboxylic acids is 2. The second kappa shape index (κ2) is 12.6. The predicted molar refractivity (Wildman–Crippen MR) is 173 cm³/mol. The predicted octanol–water partition coefficient (Wildman–Crippen LogP) is -0.831. The first-order valence-corrected chi connectivity index (χ1v) is 19.2. The standard InChI is InChI=1S/C34H56N8O6/c43-23-19-20(24(44)22(34(47)48)21(23)33(45)46)32-41-30-18-12-6-4-10-16(18)28(39-30)37-26-14-8-2-1-7-13(14)25(35-26)36-27-15-9-3-5-11-17(15)29(38-27)40-31(19)42-32/h13-32,35-44H,1-12H2,(H,45,46)(H,47,48). The zero-order valence-electron chi connectivity index (χ0n) is 27.6. The minimum Gasteiger partial charge on any atom is -0.481 e. The summed E-state index contributed by atoms with van der Waals surface area (Å²) in [5.74, 6) is -4.74. The lowest BCUT2D eigenvalue weighted by Gasteiger charge is -2.45. The van der Waals surface area contributed by atoms with Crippen LogP contribution in [0.1, 0.15) is 77.0 Å². The van der Waals surface area contributed by atoms with Crippen molar-refractivity contribution >= 4 is 11.9 Å². The smallest absolute Gasteiger partial charge is 0.310 e. The molecule has 5 heterocycles. The molecule has 20 unspecified atom stereocenters. The van der Waals surface area contributed by atoms with Gasteiger partial charge in [0, 0.05) is 11.8 Å². The highest BCUT2D eigenvalue weighted by Gasteiger charge is 2.63. The van der Waals surface area contributed by atoms with E-state index in [9.17, 15) is 30.0 Å². The molecule has 5 saturated heterocycles. The van der Waals surface area contributed by atoms with E-state index in [0.717, 1.165) is 38.5 Å². The number of rotatable bonds is 2. The van der Waals surface area contributed by atoms with Crippen molar-refractivity contribution < 1.29 is 30.0 Å². The fraction of sp³-hybridized carbons (Fsp3) is 0.941. The summed E-state index contributed by atoms with van der Waals surface area (Å²) < 4.78 is 0. The summed E-state index contributed by atoms with van der Waals surface area (Å²) in [7, 11) is 0. The van der Waals surface area contributed by atoms with Crippen LogP contribution in [0, 0.1) is 59.2 Å². The molecule has 0 amide bonds. The molecule has 48 heavy (non-hydrogen) atoms. The van der Waals surface area contributed by atoms with Crippen molar-refractivity contribution in [3.63, 3.8) is 0 Å².